The summed E-state index contributed by atoms with van der Waals surface area (Å²) in [4.78, 5) is 12.2. The van der Waals surface area contributed by atoms with Crippen LogP contribution in [0.4, 0.5) is 10.5 Å². The zero-order valence-corrected chi connectivity index (χ0v) is 15.3. The van der Waals surface area contributed by atoms with Gasteiger partial charge < -0.3 is 15.4 Å². The molecule has 0 spiro atoms. The number of nitrogens with one attached hydrogen (secondary N) is 3. The van der Waals surface area contributed by atoms with Crippen molar-refractivity contribution >= 4 is 21.6 Å². The predicted octanol–water partition coefficient (Wildman–Crippen LogP) is 2.57. The van der Waals surface area contributed by atoms with Crippen LogP contribution in [0.15, 0.2) is 70.7 Å². The van der Waals surface area contributed by atoms with E-state index in [2.05, 4.69) is 20.8 Å². The zero-order valence-electron chi connectivity index (χ0n) is 14.5. The molecule has 0 fully saturated rings. The van der Waals surface area contributed by atoms with Crippen molar-refractivity contribution in [2.75, 3.05) is 12.4 Å². The molecule has 0 atom stereocenters. The standard InChI is InChI=1S/C18H18N4O4S/c1-26-15-3-2-4-17(9-15)27(24,25)16-7-5-14(6-8-16)22-18(23)19-10-13-11-20-21-12-13/h2-9,11-12H,10H2,1H3,(H,20,21)(H2,19,22,23). The van der Waals surface area contributed by atoms with Gasteiger partial charge in [0.25, 0.3) is 0 Å². The molecule has 0 bridgehead atoms. The van der Waals surface area contributed by atoms with Crippen LogP contribution in [-0.2, 0) is 16.4 Å². The van der Waals surface area contributed by atoms with E-state index in [0.717, 1.165) is 5.56 Å². The molecule has 0 aliphatic heterocycles. The van der Waals surface area contributed by atoms with Crippen LogP contribution < -0.4 is 15.4 Å². The molecule has 0 radical (unpaired) electrons. The highest BCUT2D eigenvalue weighted by Crippen LogP contribution is 2.25. The molecule has 0 aliphatic carbocycles. The maximum absolute atomic E-state index is 12.7. The number of hydrogen-bond donors (Lipinski definition) is 3. The number of anilines is 1. The summed E-state index contributed by atoms with van der Waals surface area (Å²) < 4.78 is 30.5. The molecule has 0 saturated carbocycles. The third kappa shape index (κ3) is 4.45. The van der Waals surface area contributed by atoms with Gasteiger partial charge in [-0.05, 0) is 42.5 Å². The minimum Gasteiger partial charge on any atom is -0.497 e. The summed E-state index contributed by atoms with van der Waals surface area (Å²) in [5.41, 5.74) is 1.31. The van der Waals surface area contributed by atoms with Crippen molar-refractivity contribution in [1.29, 1.82) is 0 Å². The van der Waals surface area contributed by atoms with E-state index in [-0.39, 0.29) is 9.79 Å². The van der Waals surface area contributed by atoms with Crippen LogP contribution >= 0.6 is 0 Å². The van der Waals surface area contributed by atoms with Gasteiger partial charge in [-0.3, -0.25) is 5.10 Å². The van der Waals surface area contributed by atoms with Crippen LogP contribution in [0.25, 0.3) is 0 Å². The monoisotopic (exact) mass is 386 g/mol. The Hall–Kier alpha value is -3.33. The van der Waals surface area contributed by atoms with Crippen LogP contribution in [-0.4, -0.2) is 31.8 Å². The molecule has 8 nitrogen and oxygen atoms in total. The molecule has 1 heterocycles. The lowest BCUT2D eigenvalue weighted by molar-refractivity contribution is 0.251. The minimum absolute atomic E-state index is 0.125. The molecule has 27 heavy (non-hydrogen) atoms. The minimum atomic E-state index is -3.68. The lowest BCUT2D eigenvalue weighted by Gasteiger charge is -2.09. The molecule has 0 aliphatic rings. The normalized spacial score (nSPS) is 11.0. The van der Waals surface area contributed by atoms with E-state index in [0.29, 0.717) is 18.0 Å². The number of ether oxygens (including phenoxy) is 1. The third-order valence-electron chi connectivity index (χ3n) is 3.78. The molecule has 9 heteroatoms. The van der Waals surface area contributed by atoms with Gasteiger partial charge in [0.1, 0.15) is 5.75 Å². The Kier molecular flexibility index (Phi) is 5.41. The largest absolute Gasteiger partial charge is 0.497 e. The van der Waals surface area contributed by atoms with Crippen molar-refractivity contribution in [3.63, 3.8) is 0 Å². The first-order valence-electron chi connectivity index (χ1n) is 8.01. The maximum Gasteiger partial charge on any atom is 0.319 e. The zero-order chi connectivity index (χ0) is 19.3. The third-order valence-corrected chi connectivity index (χ3v) is 5.55. The second-order valence-electron chi connectivity index (χ2n) is 5.62. The second-order valence-corrected chi connectivity index (χ2v) is 7.57. The highest BCUT2D eigenvalue weighted by molar-refractivity contribution is 7.91. The van der Waals surface area contributed by atoms with Gasteiger partial charge >= 0.3 is 6.03 Å². The number of carbonyl (C=O) groups excluding carboxylic acids is 1. The number of amides is 2. The van der Waals surface area contributed by atoms with E-state index in [1.807, 2.05) is 0 Å². The van der Waals surface area contributed by atoms with E-state index in [1.165, 1.54) is 43.5 Å². The Labute approximate surface area is 156 Å². The highest BCUT2D eigenvalue weighted by Gasteiger charge is 2.18. The van der Waals surface area contributed by atoms with Gasteiger partial charge in [-0.1, -0.05) is 6.07 Å². The lowest BCUT2D eigenvalue weighted by Crippen LogP contribution is -2.28. The average molecular weight is 386 g/mol. The van der Waals surface area contributed by atoms with E-state index in [9.17, 15) is 13.2 Å². The molecule has 1 aromatic heterocycles. The van der Waals surface area contributed by atoms with Crippen LogP contribution in [0.2, 0.25) is 0 Å². The molecule has 0 saturated heterocycles. The van der Waals surface area contributed by atoms with Gasteiger partial charge in [-0.25, -0.2) is 13.2 Å². The van der Waals surface area contributed by atoms with Gasteiger partial charge in [0, 0.05) is 24.0 Å². The number of rotatable bonds is 6. The van der Waals surface area contributed by atoms with Gasteiger partial charge in [0.15, 0.2) is 0 Å². The molecule has 3 rings (SSSR count). The smallest absolute Gasteiger partial charge is 0.319 e. The maximum atomic E-state index is 12.7. The summed E-state index contributed by atoms with van der Waals surface area (Å²) in [6.45, 7) is 0.324. The first-order chi connectivity index (χ1) is 13.0. The fourth-order valence-electron chi connectivity index (χ4n) is 2.35. The number of aromatic amines is 1. The molecule has 3 aromatic rings. The van der Waals surface area contributed by atoms with E-state index in [1.54, 1.807) is 24.5 Å². The number of sulfone groups is 1. The first-order valence-corrected chi connectivity index (χ1v) is 9.49. The summed E-state index contributed by atoms with van der Waals surface area (Å²) in [7, 11) is -2.20. The van der Waals surface area contributed by atoms with Gasteiger partial charge in [-0.2, -0.15) is 5.10 Å². The van der Waals surface area contributed by atoms with Crippen molar-refractivity contribution in [2.24, 2.45) is 0 Å². The summed E-state index contributed by atoms with van der Waals surface area (Å²) in [5, 5.41) is 11.8. The number of hydrogen-bond acceptors (Lipinski definition) is 5. The number of aromatic nitrogens is 2. The Morgan fingerprint density at radius 3 is 2.59 bits per heavy atom. The molecule has 140 valence electrons. The van der Waals surface area contributed by atoms with E-state index >= 15 is 0 Å². The average Bonchev–Trinajstić information content (AvgIpc) is 3.20. The Balaban J connectivity index is 1.68. The predicted molar refractivity (Wildman–Crippen MR) is 99.3 cm³/mol. The topological polar surface area (TPSA) is 113 Å². The molecular weight excluding hydrogens is 368 g/mol. The van der Waals surface area contributed by atoms with Crippen LogP contribution in [0.5, 0.6) is 5.75 Å². The van der Waals surface area contributed by atoms with E-state index in [4.69, 9.17) is 4.74 Å². The Bertz CT molecular complexity index is 1020. The lowest BCUT2D eigenvalue weighted by atomic mass is 10.3. The second kappa shape index (κ2) is 7.92. The fourth-order valence-corrected chi connectivity index (χ4v) is 3.65. The Morgan fingerprint density at radius 2 is 1.93 bits per heavy atom. The molecule has 2 aromatic carbocycles. The molecular formula is C18H18N4O4S. The first kappa shape index (κ1) is 18.5. The Morgan fingerprint density at radius 1 is 1.15 bits per heavy atom. The van der Waals surface area contributed by atoms with Gasteiger partial charge in [-0.15, -0.1) is 0 Å². The van der Waals surface area contributed by atoms with Crippen molar-refractivity contribution in [3.05, 3.63) is 66.5 Å². The number of methoxy groups -OCH3 is 1. The van der Waals surface area contributed by atoms with Crippen molar-refractivity contribution < 1.29 is 17.9 Å². The van der Waals surface area contributed by atoms with Crippen LogP contribution in [0.1, 0.15) is 5.56 Å². The van der Waals surface area contributed by atoms with Crippen molar-refractivity contribution in [1.82, 2.24) is 15.5 Å². The quantitative estimate of drug-likeness (QED) is 0.603. The number of H-pyrrole nitrogens is 1. The summed E-state index contributed by atoms with van der Waals surface area (Å²) in [6, 6.07) is 11.8. The molecule has 2 amide bonds. The molecule has 3 N–H and O–H groups in total. The van der Waals surface area contributed by atoms with E-state index < -0.39 is 15.9 Å². The van der Waals surface area contributed by atoms with Crippen LogP contribution in [0.3, 0.4) is 0 Å². The van der Waals surface area contributed by atoms with Gasteiger partial charge in [0.2, 0.25) is 9.84 Å². The summed E-state index contributed by atoms with van der Waals surface area (Å²) >= 11 is 0. The summed E-state index contributed by atoms with van der Waals surface area (Å²) in [6.07, 6.45) is 3.29. The SMILES string of the molecule is COc1cccc(S(=O)(=O)c2ccc(NC(=O)NCc3cn[nH]c3)cc2)c1. The number of carbonyl (C=O) groups is 1. The van der Waals surface area contributed by atoms with Crippen LogP contribution in [0, 0.1) is 0 Å². The van der Waals surface area contributed by atoms with Gasteiger partial charge in [0.05, 0.1) is 23.1 Å². The van der Waals surface area contributed by atoms with Crippen molar-refractivity contribution in [3.8, 4) is 5.75 Å². The number of benzene rings is 2. The number of nitrogens with zero attached hydrogens (tertiary/aromatic N) is 1. The fraction of sp³-hybridized carbons (Fsp3) is 0.111. The highest BCUT2D eigenvalue weighted by atomic mass is 32.2. The summed E-state index contributed by atoms with van der Waals surface area (Å²) in [5.74, 6) is 0.462. The van der Waals surface area contributed by atoms with Crippen molar-refractivity contribution in [2.45, 2.75) is 16.3 Å². The number of urea groups is 1. The molecule has 0 unspecified atom stereocenters.